The van der Waals surface area contributed by atoms with Crippen LogP contribution < -0.4 is 5.32 Å². The number of amides is 2. The predicted molar refractivity (Wildman–Crippen MR) is 71.4 cm³/mol. The monoisotopic (exact) mass is 268 g/mol. The van der Waals surface area contributed by atoms with E-state index < -0.39 is 11.6 Å². The molecule has 5 nitrogen and oxygen atoms in total. The third-order valence-electron chi connectivity index (χ3n) is 4.59. The largest absolute Gasteiger partial charge is 0.389 e. The summed E-state index contributed by atoms with van der Waals surface area (Å²) in [6.07, 6.45) is 3.68. The van der Waals surface area contributed by atoms with E-state index in [9.17, 15) is 14.7 Å². The summed E-state index contributed by atoms with van der Waals surface area (Å²) in [5.74, 6) is -0.344. The maximum Gasteiger partial charge on any atom is 0.246 e. The summed E-state index contributed by atoms with van der Waals surface area (Å²) in [6, 6.07) is -0.462. The molecule has 19 heavy (non-hydrogen) atoms. The van der Waals surface area contributed by atoms with E-state index in [-0.39, 0.29) is 18.2 Å². The highest BCUT2D eigenvalue weighted by Crippen LogP contribution is 2.39. The van der Waals surface area contributed by atoms with Crippen molar-refractivity contribution in [2.75, 3.05) is 13.6 Å². The molecule has 1 atom stereocenters. The van der Waals surface area contributed by atoms with Gasteiger partial charge in [0.1, 0.15) is 0 Å². The van der Waals surface area contributed by atoms with E-state index in [1.807, 2.05) is 0 Å². The fraction of sp³-hybridized carbons (Fsp3) is 0.857. The molecule has 2 fully saturated rings. The van der Waals surface area contributed by atoms with Gasteiger partial charge in [0.15, 0.2) is 0 Å². The van der Waals surface area contributed by atoms with Crippen molar-refractivity contribution in [2.45, 2.75) is 57.6 Å². The molecule has 5 heteroatoms. The van der Waals surface area contributed by atoms with Crippen LogP contribution in [0.1, 0.15) is 46.0 Å². The summed E-state index contributed by atoms with van der Waals surface area (Å²) >= 11 is 0. The summed E-state index contributed by atoms with van der Waals surface area (Å²) in [5.41, 5.74) is -0.439. The van der Waals surface area contributed by atoms with E-state index in [2.05, 4.69) is 19.2 Å². The molecule has 0 aromatic heterocycles. The summed E-state index contributed by atoms with van der Waals surface area (Å²) < 4.78 is 0. The van der Waals surface area contributed by atoms with Crippen molar-refractivity contribution >= 4 is 11.8 Å². The number of imide groups is 1. The van der Waals surface area contributed by atoms with Gasteiger partial charge in [-0.05, 0) is 31.1 Å². The highest BCUT2D eigenvalue weighted by Gasteiger charge is 2.40. The third kappa shape index (κ3) is 3.15. The maximum absolute atomic E-state index is 11.8. The molecule has 0 spiro atoms. The standard InChI is InChI=1S/C14H24N2O3/c1-13(2)4-6-14(19,7-5-13)9-15-10-8-11(17)16(3)12(10)18/h10,15,19H,4-9H2,1-3H3. The van der Waals surface area contributed by atoms with Gasteiger partial charge in [0, 0.05) is 13.6 Å². The predicted octanol–water partition coefficient (Wildman–Crippen LogP) is 0.665. The second-order valence-corrected chi connectivity index (χ2v) is 6.82. The van der Waals surface area contributed by atoms with Crippen molar-refractivity contribution in [3.63, 3.8) is 0 Å². The van der Waals surface area contributed by atoms with Gasteiger partial charge in [-0.25, -0.2) is 0 Å². The minimum Gasteiger partial charge on any atom is -0.389 e. The first-order chi connectivity index (χ1) is 8.72. The normalized spacial score (nSPS) is 29.9. The van der Waals surface area contributed by atoms with E-state index in [1.54, 1.807) is 0 Å². The van der Waals surface area contributed by atoms with Crippen LogP contribution in [0.25, 0.3) is 0 Å². The average Bonchev–Trinajstić information content (AvgIpc) is 2.59. The Balaban J connectivity index is 1.86. The minimum absolute atomic E-state index is 0.153. The van der Waals surface area contributed by atoms with Crippen LogP contribution in [-0.2, 0) is 9.59 Å². The Hall–Kier alpha value is -0.940. The van der Waals surface area contributed by atoms with Crippen molar-refractivity contribution in [3.05, 3.63) is 0 Å². The van der Waals surface area contributed by atoms with E-state index >= 15 is 0 Å². The molecular formula is C14H24N2O3. The van der Waals surface area contributed by atoms with Crippen LogP contribution in [0.2, 0.25) is 0 Å². The van der Waals surface area contributed by atoms with Gasteiger partial charge in [0.05, 0.1) is 18.1 Å². The second kappa shape index (κ2) is 4.87. The van der Waals surface area contributed by atoms with Gasteiger partial charge in [-0.2, -0.15) is 0 Å². The third-order valence-corrected chi connectivity index (χ3v) is 4.59. The number of likely N-dealkylation sites (N-methyl/N-ethyl adjacent to an activating group) is 1. The zero-order valence-electron chi connectivity index (χ0n) is 12.0. The molecule has 1 unspecified atom stereocenters. The van der Waals surface area contributed by atoms with Crippen LogP contribution in [0.4, 0.5) is 0 Å². The molecule has 1 saturated carbocycles. The quantitative estimate of drug-likeness (QED) is 0.738. The summed E-state index contributed by atoms with van der Waals surface area (Å²) in [4.78, 5) is 24.3. The number of hydrogen-bond donors (Lipinski definition) is 2. The van der Waals surface area contributed by atoms with Crippen LogP contribution in [0, 0.1) is 5.41 Å². The van der Waals surface area contributed by atoms with Gasteiger partial charge in [0.25, 0.3) is 0 Å². The lowest BCUT2D eigenvalue weighted by atomic mass is 9.71. The molecule has 1 aliphatic heterocycles. The smallest absolute Gasteiger partial charge is 0.246 e. The Morgan fingerprint density at radius 3 is 2.32 bits per heavy atom. The molecule has 0 radical (unpaired) electrons. The summed E-state index contributed by atoms with van der Waals surface area (Å²) in [5, 5.41) is 13.6. The highest BCUT2D eigenvalue weighted by atomic mass is 16.3. The van der Waals surface area contributed by atoms with Crippen molar-refractivity contribution in [2.24, 2.45) is 5.41 Å². The van der Waals surface area contributed by atoms with Crippen molar-refractivity contribution < 1.29 is 14.7 Å². The van der Waals surface area contributed by atoms with Gasteiger partial charge in [-0.3, -0.25) is 14.5 Å². The fourth-order valence-electron chi connectivity index (χ4n) is 2.80. The average molecular weight is 268 g/mol. The number of carbonyl (C=O) groups is 2. The van der Waals surface area contributed by atoms with E-state index in [0.717, 1.165) is 30.6 Å². The highest BCUT2D eigenvalue weighted by molar-refractivity contribution is 6.05. The molecule has 0 aromatic rings. The van der Waals surface area contributed by atoms with Gasteiger partial charge in [-0.15, -0.1) is 0 Å². The first-order valence-corrected chi connectivity index (χ1v) is 6.99. The molecule has 0 bridgehead atoms. The molecule has 0 aromatic carbocycles. The Morgan fingerprint density at radius 1 is 1.26 bits per heavy atom. The van der Waals surface area contributed by atoms with Gasteiger partial charge >= 0.3 is 0 Å². The van der Waals surface area contributed by atoms with Crippen LogP contribution in [-0.4, -0.2) is 47.1 Å². The second-order valence-electron chi connectivity index (χ2n) is 6.82. The molecule has 2 rings (SSSR count). The van der Waals surface area contributed by atoms with Gasteiger partial charge in [-0.1, -0.05) is 13.8 Å². The zero-order chi connectivity index (χ0) is 14.3. The van der Waals surface area contributed by atoms with Crippen molar-refractivity contribution in [3.8, 4) is 0 Å². The lowest BCUT2D eigenvalue weighted by molar-refractivity contribution is -0.137. The molecule has 108 valence electrons. The topological polar surface area (TPSA) is 69.6 Å². The molecule has 2 aliphatic rings. The van der Waals surface area contributed by atoms with Crippen LogP contribution >= 0.6 is 0 Å². The Labute approximate surface area is 114 Å². The number of rotatable bonds is 3. The molecule has 2 amide bonds. The first-order valence-electron chi connectivity index (χ1n) is 6.99. The van der Waals surface area contributed by atoms with Crippen LogP contribution in [0.15, 0.2) is 0 Å². The first kappa shape index (κ1) is 14.5. The molecular weight excluding hydrogens is 244 g/mol. The van der Waals surface area contributed by atoms with E-state index in [4.69, 9.17) is 0 Å². The number of nitrogens with zero attached hydrogens (tertiary/aromatic N) is 1. The molecule has 1 aliphatic carbocycles. The van der Waals surface area contributed by atoms with Crippen LogP contribution in [0.5, 0.6) is 0 Å². The fourth-order valence-corrected chi connectivity index (χ4v) is 2.80. The maximum atomic E-state index is 11.8. The Bertz CT molecular complexity index is 382. The van der Waals surface area contributed by atoms with Crippen LogP contribution in [0.3, 0.4) is 0 Å². The SMILES string of the molecule is CN1C(=O)CC(NCC2(O)CCC(C)(C)CC2)C1=O. The van der Waals surface area contributed by atoms with Crippen molar-refractivity contribution in [1.82, 2.24) is 10.2 Å². The number of nitrogens with one attached hydrogen (secondary N) is 1. The Kier molecular flexibility index (Phi) is 3.71. The van der Waals surface area contributed by atoms with Gasteiger partial charge in [0.2, 0.25) is 11.8 Å². The minimum atomic E-state index is -0.736. The zero-order valence-corrected chi connectivity index (χ0v) is 12.0. The lowest BCUT2D eigenvalue weighted by Gasteiger charge is -2.40. The number of hydrogen-bond acceptors (Lipinski definition) is 4. The summed E-state index contributed by atoms with van der Waals surface area (Å²) in [7, 11) is 1.50. The summed E-state index contributed by atoms with van der Waals surface area (Å²) in [6.45, 7) is 4.82. The molecule has 2 N–H and O–H groups in total. The number of likely N-dealkylation sites (tertiary alicyclic amines) is 1. The number of aliphatic hydroxyl groups is 1. The number of carbonyl (C=O) groups excluding carboxylic acids is 2. The molecule has 1 heterocycles. The van der Waals surface area contributed by atoms with E-state index in [1.165, 1.54) is 7.05 Å². The van der Waals surface area contributed by atoms with Crippen molar-refractivity contribution in [1.29, 1.82) is 0 Å². The van der Waals surface area contributed by atoms with E-state index in [0.29, 0.717) is 12.0 Å². The molecule has 1 saturated heterocycles. The lowest BCUT2D eigenvalue weighted by Crippen LogP contribution is -2.49. The van der Waals surface area contributed by atoms with Gasteiger partial charge < -0.3 is 10.4 Å². The Morgan fingerprint density at radius 2 is 1.84 bits per heavy atom.